The standard InChI is InChI=1S/C30H37N3O2/c1-2-32-18-24-11-12-27(17-26(24)19-32)31-30(35)21-7-5-20(6-8-21)29(34)25-15-22-9-10-23(16-25)28(22)33-13-3-4-14-33/h5-8,11-12,17,22-23,25,28H,2-4,9-10,13-16,18-19H2,1H3,(H,31,35). The molecule has 2 aliphatic heterocycles. The number of carbonyl (C=O) groups is 2. The second-order valence-electron chi connectivity index (χ2n) is 11.2. The number of nitrogens with one attached hydrogen (secondary N) is 1. The average Bonchev–Trinajstić information content (AvgIpc) is 3.60. The lowest BCUT2D eigenvalue weighted by Gasteiger charge is -2.40. The molecule has 2 atom stereocenters. The molecule has 2 bridgehead atoms. The van der Waals surface area contributed by atoms with Crippen molar-refractivity contribution in [2.24, 2.45) is 17.8 Å². The molecular formula is C30H37N3O2. The topological polar surface area (TPSA) is 52.7 Å². The Morgan fingerprint density at radius 2 is 1.54 bits per heavy atom. The molecule has 2 heterocycles. The van der Waals surface area contributed by atoms with E-state index in [4.69, 9.17) is 0 Å². The van der Waals surface area contributed by atoms with Gasteiger partial charge in [0, 0.05) is 41.9 Å². The lowest BCUT2D eigenvalue weighted by molar-refractivity contribution is 0.0675. The minimum Gasteiger partial charge on any atom is -0.322 e. The molecule has 5 nitrogen and oxygen atoms in total. The first-order valence-corrected chi connectivity index (χ1v) is 13.6. The van der Waals surface area contributed by atoms with Gasteiger partial charge in [-0.15, -0.1) is 0 Å². The van der Waals surface area contributed by atoms with Crippen molar-refractivity contribution in [3.63, 3.8) is 0 Å². The van der Waals surface area contributed by atoms with Crippen LogP contribution in [0.25, 0.3) is 0 Å². The summed E-state index contributed by atoms with van der Waals surface area (Å²) in [6, 6.07) is 14.2. The van der Waals surface area contributed by atoms with Crippen molar-refractivity contribution >= 4 is 17.4 Å². The average molecular weight is 472 g/mol. The van der Waals surface area contributed by atoms with Crippen LogP contribution in [-0.4, -0.2) is 47.2 Å². The van der Waals surface area contributed by atoms with Gasteiger partial charge >= 0.3 is 0 Å². The zero-order valence-corrected chi connectivity index (χ0v) is 20.8. The number of rotatable bonds is 6. The maximum Gasteiger partial charge on any atom is 0.255 e. The first-order chi connectivity index (χ1) is 17.1. The highest BCUT2D eigenvalue weighted by Crippen LogP contribution is 2.48. The lowest BCUT2D eigenvalue weighted by atomic mass is 9.74. The second kappa shape index (κ2) is 9.51. The van der Waals surface area contributed by atoms with Crippen molar-refractivity contribution in [2.75, 3.05) is 25.0 Å². The van der Waals surface area contributed by atoms with Crippen LogP contribution < -0.4 is 5.32 Å². The number of hydrogen-bond donors (Lipinski definition) is 1. The molecule has 6 rings (SSSR count). The first-order valence-electron chi connectivity index (χ1n) is 13.6. The third-order valence-electron chi connectivity index (χ3n) is 9.11. The highest BCUT2D eigenvalue weighted by atomic mass is 16.1. The van der Waals surface area contributed by atoms with Crippen molar-refractivity contribution in [3.05, 3.63) is 64.7 Å². The molecule has 4 aliphatic rings. The summed E-state index contributed by atoms with van der Waals surface area (Å²) in [5.41, 5.74) is 4.81. The van der Waals surface area contributed by atoms with E-state index in [9.17, 15) is 9.59 Å². The van der Waals surface area contributed by atoms with Crippen LogP contribution in [0.3, 0.4) is 0 Å². The SMILES string of the molecule is CCN1Cc2ccc(NC(=O)c3ccc(C(=O)C4CC5CCC(C4)C5N4CCCC4)cc3)cc2C1. The summed E-state index contributed by atoms with van der Waals surface area (Å²) in [5.74, 6) is 1.65. The van der Waals surface area contributed by atoms with Crippen LogP contribution in [0.4, 0.5) is 5.69 Å². The number of anilines is 1. The second-order valence-corrected chi connectivity index (χ2v) is 11.2. The van der Waals surface area contributed by atoms with Gasteiger partial charge in [0.1, 0.15) is 0 Å². The Labute approximate surface area is 208 Å². The van der Waals surface area contributed by atoms with Crippen LogP contribution in [0.15, 0.2) is 42.5 Å². The van der Waals surface area contributed by atoms with Gasteiger partial charge in [-0.2, -0.15) is 0 Å². The molecular weight excluding hydrogens is 434 g/mol. The largest absolute Gasteiger partial charge is 0.322 e. The van der Waals surface area contributed by atoms with E-state index in [2.05, 4.69) is 34.2 Å². The molecule has 184 valence electrons. The molecule has 3 fully saturated rings. The van der Waals surface area contributed by atoms with Gasteiger partial charge in [0.05, 0.1) is 0 Å². The van der Waals surface area contributed by atoms with Crippen LogP contribution in [0.5, 0.6) is 0 Å². The predicted octanol–water partition coefficient (Wildman–Crippen LogP) is 5.36. The monoisotopic (exact) mass is 471 g/mol. The fourth-order valence-electron chi connectivity index (χ4n) is 7.34. The number of nitrogens with zero attached hydrogens (tertiary/aromatic N) is 2. The molecule has 1 saturated heterocycles. The van der Waals surface area contributed by atoms with Gasteiger partial charge < -0.3 is 5.32 Å². The molecule has 2 unspecified atom stereocenters. The third kappa shape index (κ3) is 4.45. The Hall–Kier alpha value is -2.50. The molecule has 1 amide bonds. The normalized spacial score (nSPS) is 28.3. The van der Waals surface area contributed by atoms with Crippen molar-refractivity contribution in [1.29, 1.82) is 0 Å². The number of fused-ring (bicyclic) bond motifs is 3. The van der Waals surface area contributed by atoms with E-state index in [0.29, 0.717) is 17.4 Å². The summed E-state index contributed by atoms with van der Waals surface area (Å²) in [4.78, 5) is 31.3. The zero-order valence-electron chi connectivity index (χ0n) is 20.8. The summed E-state index contributed by atoms with van der Waals surface area (Å²) in [6.45, 7) is 7.63. The minimum absolute atomic E-state index is 0.126. The molecule has 0 spiro atoms. The first kappa shape index (κ1) is 22.9. The smallest absolute Gasteiger partial charge is 0.255 e. The van der Waals surface area contributed by atoms with E-state index in [1.165, 1.54) is 49.9 Å². The molecule has 0 aromatic heterocycles. The fourth-order valence-corrected chi connectivity index (χ4v) is 7.34. The van der Waals surface area contributed by atoms with Crippen LogP contribution in [0, 0.1) is 17.8 Å². The molecule has 1 N–H and O–H groups in total. The van der Waals surface area contributed by atoms with E-state index < -0.39 is 0 Å². The lowest BCUT2D eigenvalue weighted by Crippen LogP contribution is -2.45. The molecule has 2 aliphatic carbocycles. The van der Waals surface area contributed by atoms with E-state index >= 15 is 0 Å². The summed E-state index contributed by atoms with van der Waals surface area (Å²) in [6.07, 6.45) is 7.31. The summed E-state index contributed by atoms with van der Waals surface area (Å²) < 4.78 is 0. The van der Waals surface area contributed by atoms with Crippen LogP contribution in [-0.2, 0) is 13.1 Å². The Morgan fingerprint density at radius 3 is 2.23 bits per heavy atom. The van der Waals surface area contributed by atoms with Crippen LogP contribution in [0.2, 0.25) is 0 Å². The van der Waals surface area contributed by atoms with E-state index in [1.807, 2.05) is 18.2 Å². The fraction of sp³-hybridized carbons (Fsp3) is 0.533. The molecule has 35 heavy (non-hydrogen) atoms. The van der Waals surface area contributed by atoms with Gasteiger partial charge in [-0.3, -0.25) is 19.4 Å². The van der Waals surface area contributed by atoms with Gasteiger partial charge in [0.15, 0.2) is 5.78 Å². The van der Waals surface area contributed by atoms with Gasteiger partial charge in [0.25, 0.3) is 5.91 Å². The van der Waals surface area contributed by atoms with Crippen LogP contribution >= 0.6 is 0 Å². The number of carbonyl (C=O) groups excluding carboxylic acids is 2. The summed E-state index contributed by atoms with van der Waals surface area (Å²) in [5, 5.41) is 3.04. The Kier molecular flexibility index (Phi) is 6.23. The molecule has 5 heteroatoms. The number of amides is 1. The highest BCUT2D eigenvalue weighted by molar-refractivity contribution is 6.05. The van der Waals surface area contributed by atoms with Crippen LogP contribution in [0.1, 0.15) is 77.3 Å². The predicted molar refractivity (Wildman–Crippen MR) is 138 cm³/mol. The highest BCUT2D eigenvalue weighted by Gasteiger charge is 2.47. The molecule has 2 aromatic carbocycles. The van der Waals surface area contributed by atoms with Gasteiger partial charge in [-0.25, -0.2) is 0 Å². The number of likely N-dealkylation sites (tertiary alicyclic amines) is 1. The number of Topliss-reactive ketones (excluding diaryl/α,β-unsaturated/α-hetero) is 1. The maximum absolute atomic E-state index is 13.4. The molecule has 2 aromatic rings. The number of ketones is 1. The number of benzene rings is 2. The van der Waals surface area contributed by atoms with Crippen molar-refractivity contribution in [3.8, 4) is 0 Å². The van der Waals surface area contributed by atoms with Gasteiger partial charge in [-0.1, -0.05) is 25.1 Å². The summed E-state index contributed by atoms with van der Waals surface area (Å²) >= 11 is 0. The quantitative estimate of drug-likeness (QED) is 0.577. The maximum atomic E-state index is 13.4. The van der Waals surface area contributed by atoms with Crippen molar-refractivity contribution in [1.82, 2.24) is 9.80 Å². The van der Waals surface area contributed by atoms with E-state index in [0.717, 1.165) is 49.8 Å². The Bertz CT molecular complexity index is 1090. The molecule has 0 radical (unpaired) electrons. The minimum atomic E-state index is -0.126. The zero-order chi connectivity index (χ0) is 23.9. The van der Waals surface area contributed by atoms with E-state index in [-0.39, 0.29) is 17.6 Å². The van der Waals surface area contributed by atoms with E-state index in [1.54, 1.807) is 12.1 Å². The molecule has 2 saturated carbocycles. The number of hydrogen-bond acceptors (Lipinski definition) is 4. The summed E-state index contributed by atoms with van der Waals surface area (Å²) in [7, 11) is 0. The Balaban J connectivity index is 1.08. The van der Waals surface area contributed by atoms with Crippen molar-refractivity contribution in [2.45, 2.75) is 64.6 Å². The third-order valence-corrected chi connectivity index (χ3v) is 9.11. The van der Waals surface area contributed by atoms with Crippen molar-refractivity contribution < 1.29 is 9.59 Å². The van der Waals surface area contributed by atoms with Gasteiger partial charge in [0.2, 0.25) is 0 Å². The van der Waals surface area contributed by atoms with Gasteiger partial charge in [-0.05, 0) is 105 Å². The Morgan fingerprint density at radius 1 is 0.886 bits per heavy atom.